The smallest absolute Gasteiger partial charge is 0.171 e. The average molecular weight is 137 g/mol. The van der Waals surface area contributed by atoms with Gasteiger partial charge in [-0.05, 0) is 18.2 Å². The van der Waals surface area contributed by atoms with Crippen molar-refractivity contribution in [2.75, 3.05) is 5.73 Å². The molecule has 3 heteroatoms. The lowest BCUT2D eigenvalue weighted by Crippen LogP contribution is -1.84. The maximum absolute atomic E-state index is 5.52. The molecule has 0 spiro atoms. The fourth-order valence-electron chi connectivity index (χ4n) is 0.950. The number of hydrogen-bond donors (Lipinski definition) is 1. The Hall–Kier alpha value is -1.22. The number of rotatable bonds is 0. The van der Waals surface area contributed by atoms with E-state index >= 15 is 0 Å². The summed E-state index contributed by atoms with van der Waals surface area (Å²) in [7, 11) is 0. The Labute approximate surface area is 58.3 Å². The van der Waals surface area contributed by atoms with Crippen LogP contribution in [0.25, 0.3) is 0 Å². The van der Waals surface area contributed by atoms with Crippen molar-refractivity contribution in [2.24, 2.45) is 0 Å². The van der Waals surface area contributed by atoms with E-state index in [-0.39, 0.29) is 0 Å². The number of anilines is 1. The SMILES string of the molecule is Nc1ccc2c(c1)COO2. The highest BCUT2D eigenvalue weighted by molar-refractivity contribution is 5.48. The lowest BCUT2D eigenvalue weighted by Gasteiger charge is -1.94. The maximum atomic E-state index is 5.52. The van der Waals surface area contributed by atoms with Crippen LogP contribution >= 0.6 is 0 Å². The van der Waals surface area contributed by atoms with Crippen molar-refractivity contribution in [3.63, 3.8) is 0 Å². The van der Waals surface area contributed by atoms with Crippen LogP contribution in [-0.2, 0) is 11.5 Å². The molecular formula is C7H7NO2. The van der Waals surface area contributed by atoms with Crippen LogP contribution in [0.15, 0.2) is 18.2 Å². The summed E-state index contributed by atoms with van der Waals surface area (Å²) in [6.07, 6.45) is 0. The van der Waals surface area contributed by atoms with E-state index in [1.54, 1.807) is 12.1 Å². The van der Waals surface area contributed by atoms with Gasteiger partial charge in [-0.25, -0.2) is 0 Å². The largest absolute Gasteiger partial charge is 0.399 e. The van der Waals surface area contributed by atoms with Gasteiger partial charge in [0.15, 0.2) is 5.75 Å². The summed E-state index contributed by atoms with van der Waals surface area (Å²) in [5, 5.41) is 0. The Morgan fingerprint density at radius 1 is 1.40 bits per heavy atom. The summed E-state index contributed by atoms with van der Waals surface area (Å²) in [6.45, 7) is 0.500. The number of nitrogens with two attached hydrogens (primary N) is 1. The topological polar surface area (TPSA) is 44.5 Å². The summed E-state index contributed by atoms with van der Waals surface area (Å²) in [5.74, 6) is 0.772. The van der Waals surface area contributed by atoms with Gasteiger partial charge in [-0.3, -0.25) is 0 Å². The lowest BCUT2D eigenvalue weighted by atomic mass is 10.2. The Balaban J connectivity index is 2.52. The molecule has 0 aliphatic carbocycles. The summed E-state index contributed by atoms with van der Waals surface area (Å²) in [5.41, 5.74) is 7.28. The number of fused-ring (bicyclic) bond motifs is 1. The molecule has 1 aromatic rings. The first-order valence-corrected chi connectivity index (χ1v) is 3.04. The highest BCUT2D eigenvalue weighted by atomic mass is 17.2. The molecule has 3 nitrogen and oxygen atoms in total. The van der Waals surface area contributed by atoms with E-state index in [9.17, 15) is 0 Å². The third-order valence-electron chi connectivity index (χ3n) is 1.45. The van der Waals surface area contributed by atoms with Gasteiger partial charge in [-0.15, -0.1) is 0 Å². The van der Waals surface area contributed by atoms with Gasteiger partial charge < -0.3 is 10.6 Å². The molecule has 2 rings (SSSR count). The van der Waals surface area contributed by atoms with Gasteiger partial charge in [-0.2, -0.15) is 4.89 Å². The fourth-order valence-corrected chi connectivity index (χ4v) is 0.950. The zero-order chi connectivity index (χ0) is 6.97. The Morgan fingerprint density at radius 2 is 2.30 bits per heavy atom. The minimum atomic E-state index is 0.500. The van der Waals surface area contributed by atoms with Crippen molar-refractivity contribution >= 4 is 5.69 Å². The minimum absolute atomic E-state index is 0.500. The average Bonchev–Trinajstić information content (AvgIpc) is 2.33. The van der Waals surface area contributed by atoms with Crippen LogP contribution < -0.4 is 10.6 Å². The molecule has 1 heterocycles. The fraction of sp³-hybridized carbons (Fsp3) is 0.143. The Kier molecular flexibility index (Phi) is 1.05. The monoisotopic (exact) mass is 137 g/mol. The van der Waals surface area contributed by atoms with Crippen molar-refractivity contribution in [3.8, 4) is 5.75 Å². The first-order chi connectivity index (χ1) is 4.86. The quantitative estimate of drug-likeness (QED) is 0.430. The summed E-state index contributed by atoms with van der Waals surface area (Å²) < 4.78 is 0. The second-order valence-electron chi connectivity index (χ2n) is 2.21. The molecule has 1 aliphatic heterocycles. The number of benzene rings is 1. The van der Waals surface area contributed by atoms with E-state index in [4.69, 9.17) is 15.5 Å². The zero-order valence-corrected chi connectivity index (χ0v) is 5.33. The zero-order valence-electron chi connectivity index (χ0n) is 5.33. The van der Waals surface area contributed by atoms with Gasteiger partial charge in [-0.1, -0.05) is 0 Å². The predicted octanol–water partition coefficient (Wildman–Crippen LogP) is 1.09. The molecule has 0 aromatic heterocycles. The molecule has 10 heavy (non-hydrogen) atoms. The van der Waals surface area contributed by atoms with Crippen LogP contribution in [0.1, 0.15) is 5.56 Å². The predicted molar refractivity (Wildman–Crippen MR) is 36.3 cm³/mol. The van der Waals surface area contributed by atoms with Crippen LogP contribution in [0.2, 0.25) is 0 Å². The minimum Gasteiger partial charge on any atom is -0.399 e. The highest BCUT2D eigenvalue weighted by Gasteiger charge is 2.12. The number of hydrogen-bond acceptors (Lipinski definition) is 3. The van der Waals surface area contributed by atoms with E-state index in [0.29, 0.717) is 6.61 Å². The van der Waals surface area contributed by atoms with Crippen LogP contribution in [0, 0.1) is 0 Å². The first-order valence-electron chi connectivity index (χ1n) is 3.04. The Morgan fingerprint density at radius 3 is 3.20 bits per heavy atom. The van der Waals surface area contributed by atoms with E-state index in [1.165, 1.54) is 0 Å². The van der Waals surface area contributed by atoms with E-state index in [1.807, 2.05) is 6.07 Å². The molecule has 0 atom stereocenters. The molecule has 0 saturated carbocycles. The molecule has 0 fully saturated rings. The van der Waals surface area contributed by atoms with E-state index in [0.717, 1.165) is 17.0 Å². The van der Waals surface area contributed by atoms with Crippen molar-refractivity contribution in [3.05, 3.63) is 23.8 Å². The summed E-state index contributed by atoms with van der Waals surface area (Å²) in [6, 6.07) is 5.44. The van der Waals surface area contributed by atoms with Gasteiger partial charge in [0.2, 0.25) is 0 Å². The maximum Gasteiger partial charge on any atom is 0.171 e. The molecule has 0 saturated heterocycles. The standard InChI is InChI=1S/C7H7NO2/c8-6-1-2-7-5(3-6)4-9-10-7/h1-3H,4,8H2. The van der Waals surface area contributed by atoms with Gasteiger partial charge in [0.25, 0.3) is 0 Å². The molecule has 1 aromatic carbocycles. The molecule has 52 valence electrons. The normalized spacial score (nSPS) is 14.4. The van der Waals surface area contributed by atoms with Gasteiger partial charge in [0.05, 0.1) is 0 Å². The molecule has 1 aliphatic rings. The van der Waals surface area contributed by atoms with E-state index in [2.05, 4.69) is 0 Å². The van der Waals surface area contributed by atoms with Crippen LogP contribution in [0.3, 0.4) is 0 Å². The van der Waals surface area contributed by atoms with Crippen molar-refractivity contribution < 1.29 is 9.78 Å². The second-order valence-corrected chi connectivity index (χ2v) is 2.21. The molecule has 2 N–H and O–H groups in total. The summed E-state index contributed by atoms with van der Waals surface area (Å²) >= 11 is 0. The van der Waals surface area contributed by atoms with Gasteiger partial charge >= 0.3 is 0 Å². The third-order valence-corrected chi connectivity index (χ3v) is 1.45. The van der Waals surface area contributed by atoms with Crippen molar-refractivity contribution in [2.45, 2.75) is 6.61 Å². The molecule has 0 bridgehead atoms. The van der Waals surface area contributed by atoms with Crippen molar-refractivity contribution in [1.29, 1.82) is 0 Å². The summed E-state index contributed by atoms with van der Waals surface area (Å²) in [4.78, 5) is 9.51. The lowest BCUT2D eigenvalue weighted by molar-refractivity contribution is -0.194. The second kappa shape index (κ2) is 1.88. The van der Waals surface area contributed by atoms with E-state index < -0.39 is 0 Å². The first kappa shape index (κ1) is 5.56. The van der Waals surface area contributed by atoms with Crippen LogP contribution in [0.4, 0.5) is 5.69 Å². The van der Waals surface area contributed by atoms with Gasteiger partial charge in [0, 0.05) is 11.3 Å². The molecule has 0 unspecified atom stereocenters. The third kappa shape index (κ3) is 0.717. The van der Waals surface area contributed by atoms with Crippen LogP contribution in [0.5, 0.6) is 5.75 Å². The van der Waals surface area contributed by atoms with Crippen molar-refractivity contribution in [1.82, 2.24) is 0 Å². The molecule has 0 radical (unpaired) electrons. The molecular weight excluding hydrogens is 130 g/mol. The molecule has 0 amide bonds. The highest BCUT2D eigenvalue weighted by Crippen LogP contribution is 2.27. The number of nitrogen functional groups attached to an aromatic ring is 1. The van der Waals surface area contributed by atoms with Gasteiger partial charge in [0.1, 0.15) is 6.61 Å². The Bertz CT molecular complexity index is 260. The van der Waals surface area contributed by atoms with Crippen LogP contribution in [-0.4, -0.2) is 0 Å².